The Kier molecular flexibility index (Phi) is 2.64. The Morgan fingerprint density at radius 2 is 2.21 bits per heavy atom. The van der Waals surface area contributed by atoms with Gasteiger partial charge in [-0.25, -0.2) is 18.6 Å². The van der Waals surface area contributed by atoms with Crippen LogP contribution in [0.5, 0.6) is 0 Å². The minimum absolute atomic E-state index is 0.0794. The fourth-order valence-electron chi connectivity index (χ4n) is 1.15. The highest BCUT2D eigenvalue weighted by Gasteiger charge is 2.22. The van der Waals surface area contributed by atoms with Crippen molar-refractivity contribution in [3.05, 3.63) is 22.9 Å². The lowest BCUT2D eigenvalue weighted by Crippen LogP contribution is -2.10. The van der Waals surface area contributed by atoms with E-state index in [4.69, 9.17) is 10.8 Å². The molecule has 76 valence electrons. The quantitative estimate of drug-likeness (QED) is 0.763. The van der Waals surface area contributed by atoms with E-state index in [1.165, 1.54) is 13.0 Å². The van der Waals surface area contributed by atoms with Crippen molar-refractivity contribution >= 4 is 11.8 Å². The first-order valence-corrected chi connectivity index (χ1v) is 3.72. The van der Waals surface area contributed by atoms with Crippen LogP contribution in [0.25, 0.3) is 0 Å². The van der Waals surface area contributed by atoms with Crippen LogP contribution < -0.4 is 5.73 Å². The molecule has 0 unspecified atom stereocenters. The van der Waals surface area contributed by atoms with Gasteiger partial charge in [0.15, 0.2) is 5.69 Å². The Labute approximate surface area is 78.4 Å². The summed E-state index contributed by atoms with van der Waals surface area (Å²) in [6.45, 7) is 1.37. The third-order valence-electron chi connectivity index (χ3n) is 1.71. The first-order valence-electron chi connectivity index (χ1n) is 3.72. The van der Waals surface area contributed by atoms with Crippen molar-refractivity contribution in [1.82, 2.24) is 4.98 Å². The van der Waals surface area contributed by atoms with Gasteiger partial charge in [0.2, 0.25) is 0 Å². The first kappa shape index (κ1) is 10.4. The van der Waals surface area contributed by atoms with Gasteiger partial charge in [0.05, 0.1) is 5.56 Å². The van der Waals surface area contributed by atoms with Crippen molar-refractivity contribution in [2.45, 2.75) is 13.3 Å². The van der Waals surface area contributed by atoms with Crippen molar-refractivity contribution < 1.29 is 18.7 Å². The third kappa shape index (κ3) is 1.78. The monoisotopic (exact) mass is 202 g/mol. The number of nitrogen functional groups attached to an aromatic ring is 1. The fraction of sp³-hybridized carbons (Fsp3) is 0.250. The average molecular weight is 202 g/mol. The van der Waals surface area contributed by atoms with E-state index in [1.807, 2.05) is 0 Å². The summed E-state index contributed by atoms with van der Waals surface area (Å²) in [5, 5.41) is 8.61. The predicted molar refractivity (Wildman–Crippen MR) is 45.3 cm³/mol. The molecule has 4 nitrogen and oxygen atoms in total. The van der Waals surface area contributed by atoms with E-state index in [9.17, 15) is 13.6 Å². The van der Waals surface area contributed by atoms with Crippen LogP contribution in [-0.2, 0) is 0 Å². The summed E-state index contributed by atoms with van der Waals surface area (Å²) in [5.74, 6) is -1.58. The molecule has 1 aromatic heterocycles. The van der Waals surface area contributed by atoms with Gasteiger partial charge < -0.3 is 10.8 Å². The number of aromatic nitrogens is 1. The van der Waals surface area contributed by atoms with Gasteiger partial charge >= 0.3 is 5.97 Å². The fourth-order valence-corrected chi connectivity index (χ4v) is 1.15. The Morgan fingerprint density at radius 1 is 1.64 bits per heavy atom. The Hall–Kier alpha value is -1.72. The van der Waals surface area contributed by atoms with E-state index >= 15 is 0 Å². The first-order chi connectivity index (χ1) is 6.43. The zero-order valence-corrected chi connectivity index (χ0v) is 7.29. The molecule has 0 atom stereocenters. The zero-order valence-electron chi connectivity index (χ0n) is 7.29. The minimum atomic E-state index is -2.87. The van der Waals surface area contributed by atoms with E-state index < -0.39 is 23.7 Å². The van der Waals surface area contributed by atoms with Crippen molar-refractivity contribution in [1.29, 1.82) is 0 Å². The van der Waals surface area contributed by atoms with E-state index in [-0.39, 0.29) is 11.4 Å². The molecule has 0 amide bonds. The molecule has 1 aromatic rings. The molecule has 3 N–H and O–H groups in total. The van der Waals surface area contributed by atoms with E-state index in [0.29, 0.717) is 0 Å². The van der Waals surface area contributed by atoms with Crippen LogP contribution in [0.15, 0.2) is 6.07 Å². The topological polar surface area (TPSA) is 76.2 Å². The van der Waals surface area contributed by atoms with Gasteiger partial charge in [0.25, 0.3) is 6.43 Å². The Balaban J connectivity index is 3.44. The zero-order chi connectivity index (χ0) is 10.9. The van der Waals surface area contributed by atoms with Crippen LogP contribution in [0.1, 0.15) is 28.0 Å². The summed E-state index contributed by atoms with van der Waals surface area (Å²) >= 11 is 0. The van der Waals surface area contributed by atoms with Gasteiger partial charge in [-0.15, -0.1) is 0 Å². The number of carbonyl (C=O) groups is 1. The second kappa shape index (κ2) is 3.57. The second-order valence-corrected chi connectivity index (χ2v) is 2.73. The Bertz CT molecular complexity index is 380. The van der Waals surface area contributed by atoms with Crippen molar-refractivity contribution in [2.75, 3.05) is 5.73 Å². The van der Waals surface area contributed by atoms with Crippen LogP contribution in [0.4, 0.5) is 14.6 Å². The summed E-state index contributed by atoms with van der Waals surface area (Å²) in [4.78, 5) is 13.9. The average Bonchev–Trinajstić information content (AvgIpc) is 2.01. The maximum absolute atomic E-state index is 12.4. The minimum Gasteiger partial charge on any atom is -0.476 e. The van der Waals surface area contributed by atoms with Gasteiger partial charge in [-0.3, -0.25) is 0 Å². The number of pyridine rings is 1. The summed E-state index contributed by atoms with van der Waals surface area (Å²) in [6, 6.07) is 1.22. The molecule has 0 fully saturated rings. The maximum atomic E-state index is 12.4. The van der Waals surface area contributed by atoms with Gasteiger partial charge in [-0.05, 0) is 18.6 Å². The largest absolute Gasteiger partial charge is 0.476 e. The van der Waals surface area contributed by atoms with Gasteiger partial charge in [0, 0.05) is 0 Å². The lowest BCUT2D eigenvalue weighted by molar-refractivity contribution is 0.0677. The highest BCUT2D eigenvalue weighted by atomic mass is 19.3. The maximum Gasteiger partial charge on any atom is 0.355 e. The van der Waals surface area contributed by atoms with E-state index in [0.717, 1.165) is 0 Å². The molecule has 0 saturated heterocycles. The highest BCUT2D eigenvalue weighted by Crippen LogP contribution is 2.26. The van der Waals surface area contributed by atoms with E-state index in [1.54, 1.807) is 0 Å². The normalized spacial score (nSPS) is 10.6. The predicted octanol–water partition coefficient (Wildman–Crippen LogP) is 1.61. The smallest absolute Gasteiger partial charge is 0.355 e. The van der Waals surface area contributed by atoms with Gasteiger partial charge in [-0.1, -0.05) is 0 Å². The number of aromatic carboxylic acids is 1. The van der Waals surface area contributed by atoms with Crippen molar-refractivity contribution in [3.63, 3.8) is 0 Å². The number of carboxylic acids is 1. The summed E-state index contributed by atoms with van der Waals surface area (Å²) in [5.41, 5.74) is 4.12. The number of hydrogen-bond donors (Lipinski definition) is 2. The molecule has 0 bridgehead atoms. The number of carboxylic acid groups (broad SMARTS) is 1. The Morgan fingerprint density at radius 3 is 2.64 bits per heavy atom. The number of hydrogen-bond acceptors (Lipinski definition) is 3. The molecule has 1 heterocycles. The van der Waals surface area contributed by atoms with Gasteiger partial charge in [-0.2, -0.15) is 0 Å². The lowest BCUT2D eigenvalue weighted by atomic mass is 10.1. The number of nitrogens with two attached hydrogens (primary N) is 1. The van der Waals surface area contributed by atoms with Crippen molar-refractivity contribution in [3.8, 4) is 0 Å². The van der Waals surface area contributed by atoms with E-state index in [2.05, 4.69) is 4.98 Å². The molecule has 14 heavy (non-hydrogen) atoms. The molecule has 0 radical (unpaired) electrons. The lowest BCUT2D eigenvalue weighted by Gasteiger charge is -2.08. The number of nitrogens with zero attached hydrogens (tertiary/aromatic N) is 1. The standard InChI is InChI=1S/C8H8F2N2O2/c1-3-2-4(11)12-6(8(13)14)5(3)7(9)10/h2,7H,1H3,(H2,11,12)(H,13,14). The molecule has 0 aromatic carbocycles. The van der Waals surface area contributed by atoms with Gasteiger partial charge in [0.1, 0.15) is 5.82 Å². The SMILES string of the molecule is Cc1cc(N)nc(C(=O)O)c1C(F)F. The molecule has 6 heteroatoms. The molecule has 0 spiro atoms. The molecule has 1 rings (SSSR count). The van der Waals surface area contributed by atoms with Crippen LogP contribution in [0.3, 0.4) is 0 Å². The number of halogens is 2. The highest BCUT2D eigenvalue weighted by molar-refractivity contribution is 5.88. The number of alkyl halides is 2. The number of aryl methyl sites for hydroxylation is 1. The molecular formula is C8H8F2N2O2. The summed E-state index contributed by atoms with van der Waals surface area (Å²) < 4.78 is 24.9. The summed E-state index contributed by atoms with van der Waals surface area (Å²) in [6.07, 6.45) is -2.87. The molecule has 0 aliphatic carbocycles. The van der Waals surface area contributed by atoms with Crippen molar-refractivity contribution in [2.24, 2.45) is 0 Å². The second-order valence-electron chi connectivity index (χ2n) is 2.73. The van der Waals surface area contributed by atoms with Crippen LogP contribution in [-0.4, -0.2) is 16.1 Å². The summed E-state index contributed by atoms with van der Waals surface area (Å²) in [7, 11) is 0. The third-order valence-corrected chi connectivity index (χ3v) is 1.71. The molecular weight excluding hydrogens is 194 g/mol. The number of anilines is 1. The van der Waals surface area contributed by atoms with Crippen LogP contribution >= 0.6 is 0 Å². The molecule has 0 aliphatic rings. The molecule has 0 saturated carbocycles. The molecule has 0 aliphatic heterocycles. The van der Waals surface area contributed by atoms with Crippen LogP contribution in [0.2, 0.25) is 0 Å². The van der Waals surface area contributed by atoms with Crippen LogP contribution in [0, 0.1) is 6.92 Å². The number of rotatable bonds is 2.